The predicted molar refractivity (Wildman–Crippen MR) is 119 cm³/mol. The molecule has 2 aromatic carbocycles. The van der Waals surface area contributed by atoms with E-state index in [0.29, 0.717) is 43.8 Å². The Hall–Kier alpha value is -2.62. The van der Waals surface area contributed by atoms with Gasteiger partial charge >= 0.3 is 0 Å². The van der Waals surface area contributed by atoms with E-state index in [2.05, 4.69) is 15.5 Å². The molecule has 8 nitrogen and oxygen atoms in total. The molecule has 0 aliphatic carbocycles. The molecule has 11 heteroatoms. The molecule has 0 bridgehead atoms. The first-order valence-corrected chi connectivity index (χ1v) is 10.3. The summed E-state index contributed by atoms with van der Waals surface area (Å²) >= 11 is 13.1. The summed E-state index contributed by atoms with van der Waals surface area (Å²) in [7, 11) is 3.10. The Labute approximate surface area is 187 Å². The monoisotopic (exact) mass is 467 g/mol. The lowest BCUT2D eigenvalue weighted by molar-refractivity contribution is -0.115. The maximum atomic E-state index is 12.5. The fourth-order valence-electron chi connectivity index (χ4n) is 2.61. The number of nitrogens with one attached hydrogen (secondary N) is 1. The van der Waals surface area contributed by atoms with E-state index < -0.39 is 5.25 Å². The number of hydrogen-bond acceptors (Lipinski definition) is 7. The van der Waals surface area contributed by atoms with Crippen LogP contribution in [0.4, 0.5) is 5.69 Å². The van der Waals surface area contributed by atoms with Gasteiger partial charge in [0.2, 0.25) is 11.1 Å². The maximum Gasteiger partial charge on any atom is 0.237 e. The summed E-state index contributed by atoms with van der Waals surface area (Å²) in [6, 6.07) is 10.1. The Morgan fingerprint density at radius 1 is 1.10 bits per heavy atom. The zero-order valence-corrected chi connectivity index (χ0v) is 18.7. The fourth-order valence-corrected chi connectivity index (χ4v) is 3.91. The average Bonchev–Trinajstić information content (AvgIpc) is 3.06. The topological polar surface area (TPSA) is 104 Å². The number of hydrogen-bond donors (Lipinski definition) is 2. The lowest BCUT2D eigenvalue weighted by Crippen LogP contribution is -2.23. The van der Waals surface area contributed by atoms with E-state index in [1.807, 2.05) is 0 Å². The van der Waals surface area contributed by atoms with Crippen LogP contribution in [0.1, 0.15) is 6.92 Å². The zero-order valence-electron chi connectivity index (χ0n) is 16.3. The van der Waals surface area contributed by atoms with E-state index in [9.17, 15) is 4.79 Å². The third-order valence-corrected chi connectivity index (χ3v) is 5.58. The molecular weight excluding hydrogens is 449 g/mol. The van der Waals surface area contributed by atoms with Gasteiger partial charge in [-0.25, -0.2) is 4.68 Å². The van der Waals surface area contributed by atoms with Crippen molar-refractivity contribution in [3.05, 3.63) is 46.4 Å². The number of amides is 1. The number of anilines is 1. The summed E-state index contributed by atoms with van der Waals surface area (Å²) in [5.41, 5.74) is 1.20. The Balaban J connectivity index is 1.75. The number of nitrogens with zero attached hydrogens (tertiary/aromatic N) is 3. The minimum atomic E-state index is -0.507. The van der Waals surface area contributed by atoms with E-state index in [0.717, 1.165) is 0 Å². The minimum Gasteiger partial charge on any atom is -0.493 e. The number of carbonyl (C=O) groups excluding carboxylic acids is 1. The zero-order chi connectivity index (χ0) is 21.8. The van der Waals surface area contributed by atoms with Crippen molar-refractivity contribution in [1.82, 2.24) is 14.9 Å². The van der Waals surface area contributed by atoms with E-state index in [1.165, 1.54) is 16.4 Å². The first-order valence-electron chi connectivity index (χ1n) is 8.69. The van der Waals surface area contributed by atoms with Gasteiger partial charge in [-0.1, -0.05) is 35.0 Å². The molecule has 1 amide bonds. The van der Waals surface area contributed by atoms with Crippen LogP contribution in [0.3, 0.4) is 0 Å². The van der Waals surface area contributed by atoms with Crippen molar-refractivity contribution in [2.24, 2.45) is 0 Å². The number of ether oxygens (including phenoxy) is 2. The summed E-state index contributed by atoms with van der Waals surface area (Å²) in [5, 5.41) is 11.8. The third kappa shape index (κ3) is 4.92. The number of thioether (sulfide) groups is 1. The Morgan fingerprint density at radius 2 is 1.77 bits per heavy atom. The number of methoxy groups -OCH3 is 2. The van der Waals surface area contributed by atoms with Crippen LogP contribution in [0.5, 0.6) is 11.5 Å². The molecule has 3 aromatic rings. The van der Waals surface area contributed by atoms with E-state index in [-0.39, 0.29) is 5.91 Å². The normalized spacial score (nSPS) is 11.8. The van der Waals surface area contributed by atoms with E-state index in [4.69, 9.17) is 38.5 Å². The van der Waals surface area contributed by atoms with Gasteiger partial charge in [-0.15, -0.1) is 10.2 Å². The average molecular weight is 468 g/mol. The van der Waals surface area contributed by atoms with Gasteiger partial charge in [-0.2, -0.15) is 0 Å². The van der Waals surface area contributed by atoms with Gasteiger partial charge in [-0.3, -0.25) is 4.79 Å². The first kappa shape index (κ1) is 22.1. The second-order valence-electron chi connectivity index (χ2n) is 6.15. The van der Waals surface area contributed by atoms with Crippen LogP contribution in [0, 0.1) is 0 Å². The quantitative estimate of drug-likeness (QED) is 0.397. The number of carbonyl (C=O) groups is 1. The highest BCUT2D eigenvalue weighted by atomic mass is 35.5. The van der Waals surface area contributed by atoms with Crippen LogP contribution in [0.15, 0.2) is 41.6 Å². The molecule has 0 aliphatic heterocycles. The molecule has 1 atom stereocenters. The van der Waals surface area contributed by atoms with E-state index >= 15 is 0 Å². The molecule has 158 valence electrons. The summed E-state index contributed by atoms with van der Waals surface area (Å²) in [6.45, 7) is 1.73. The molecule has 3 rings (SSSR count). The van der Waals surface area contributed by atoms with Crippen LogP contribution in [-0.2, 0) is 4.79 Å². The summed E-state index contributed by atoms with van der Waals surface area (Å²) in [6.07, 6.45) is 0. The molecule has 0 spiro atoms. The van der Waals surface area contributed by atoms with E-state index in [1.54, 1.807) is 57.5 Å². The minimum absolute atomic E-state index is 0.256. The number of halogens is 2. The molecular formula is C19H19Cl2N5O3S. The molecule has 0 fully saturated rings. The number of nitrogen functional groups attached to an aromatic ring is 1. The lowest BCUT2D eigenvalue weighted by Gasteiger charge is -2.12. The van der Waals surface area contributed by atoms with Crippen molar-refractivity contribution in [3.63, 3.8) is 0 Å². The first-order chi connectivity index (χ1) is 14.3. The molecule has 0 aliphatic rings. The highest BCUT2D eigenvalue weighted by Crippen LogP contribution is 2.33. The molecule has 1 aromatic heterocycles. The lowest BCUT2D eigenvalue weighted by atomic mass is 10.2. The van der Waals surface area contributed by atoms with Gasteiger partial charge in [0.05, 0.1) is 19.5 Å². The largest absolute Gasteiger partial charge is 0.493 e. The summed E-state index contributed by atoms with van der Waals surface area (Å²) < 4.78 is 11.9. The Bertz CT molecular complexity index is 1060. The van der Waals surface area contributed by atoms with Crippen molar-refractivity contribution in [3.8, 4) is 22.9 Å². The van der Waals surface area contributed by atoms with Crippen LogP contribution in [0.25, 0.3) is 11.4 Å². The van der Waals surface area contributed by atoms with Gasteiger partial charge in [0.1, 0.15) is 0 Å². The summed E-state index contributed by atoms with van der Waals surface area (Å²) in [5.74, 6) is 7.47. The number of aromatic nitrogens is 3. The summed E-state index contributed by atoms with van der Waals surface area (Å²) in [4.78, 5) is 12.5. The van der Waals surface area contributed by atoms with Crippen molar-refractivity contribution in [1.29, 1.82) is 0 Å². The van der Waals surface area contributed by atoms with Crippen LogP contribution in [-0.4, -0.2) is 40.3 Å². The van der Waals surface area contributed by atoms with Crippen LogP contribution >= 0.6 is 35.0 Å². The molecule has 0 radical (unpaired) electrons. The van der Waals surface area contributed by atoms with Gasteiger partial charge in [0.15, 0.2) is 17.3 Å². The third-order valence-electron chi connectivity index (χ3n) is 4.09. The fraction of sp³-hybridized carbons (Fsp3) is 0.211. The SMILES string of the molecule is COc1ccc(-c2nnc(SC(C)C(=O)Nc3cc(Cl)cc(Cl)c3)n2N)cc1OC. The van der Waals surface area contributed by atoms with Gasteiger partial charge in [0.25, 0.3) is 0 Å². The smallest absolute Gasteiger partial charge is 0.237 e. The Morgan fingerprint density at radius 3 is 2.40 bits per heavy atom. The Kier molecular flexibility index (Phi) is 6.96. The highest BCUT2D eigenvalue weighted by Gasteiger charge is 2.21. The second-order valence-corrected chi connectivity index (χ2v) is 8.33. The highest BCUT2D eigenvalue weighted by molar-refractivity contribution is 8.00. The van der Waals surface area contributed by atoms with Crippen LogP contribution in [0.2, 0.25) is 10.0 Å². The van der Waals surface area contributed by atoms with Crippen molar-refractivity contribution < 1.29 is 14.3 Å². The molecule has 1 heterocycles. The standard InChI is InChI=1S/C19H19Cl2N5O3S/c1-10(18(27)23-14-8-12(20)7-13(21)9-14)30-19-25-24-17(26(19)22)11-4-5-15(28-2)16(6-11)29-3/h4-10H,22H2,1-3H3,(H,23,27). The number of rotatable bonds is 7. The molecule has 0 saturated carbocycles. The second kappa shape index (κ2) is 9.46. The van der Waals surface area contributed by atoms with Crippen molar-refractivity contribution >= 4 is 46.6 Å². The van der Waals surface area contributed by atoms with Crippen molar-refractivity contribution in [2.45, 2.75) is 17.3 Å². The molecule has 1 unspecified atom stereocenters. The molecule has 30 heavy (non-hydrogen) atoms. The number of nitrogens with two attached hydrogens (primary N) is 1. The van der Waals surface area contributed by atoms with Gasteiger partial charge in [-0.05, 0) is 43.3 Å². The maximum absolute atomic E-state index is 12.5. The van der Waals surface area contributed by atoms with Gasteiger partial charge in [0, 0.05) is 21.3 Å². The molecule has 0 saturated heterocycles. The molecule has 3 N–H and O–H groups in total. The van der Waals surface area contributed by atoms with Crippen molar-refractivity contribution in [2.75, 3.05) is 25.4 Å². The van der Waals surface area contributed by atoms with Crippen LogP contribution < -0.4 is 20.6 Å². The number of benzene rings is 2. The van der Waals surface area contributed by atoms with Gasteiger partial charge < -0.3 is 20.6 Å². The predicted octanol–water partition coefficient (Wildman–Crippen LogP) is 4.10.